The molecule has 0 fully saturated rings. The molecule has 19 heavy (non-hydrogen) atoms. The molecule has 0 aliphatic carbocycles. The number of carbonyl (C=O) groups excluding carboxylic acids is 1. The number of hydrogen-bond acceptors (Lipinski definition) is 5. The van der Waals surface area contributed by atoms with Gasteiger partial charge in [-0.2, -0.15) is 0 Å². The van der Waals surface area contributed by atoms with E-state index in [1.54, 1.807) is 20.2 Å². The highest BCUT2D eigenvalue weighted by molar-refractivity contribution is 5.95. The molecule has 5 nitrogen and oxygen atoms in total. The Kier molecular flexibility index (Phi) is 7.62. The molecular formula is C14H21NO4. The van der Waals surface area contributed by atoms with Crippen LogP contribution in [0.25, 0.3) is 0 Å². The van der Waals surface area contributed by atoms with Gasteiger partial charge < -0.3 is 19.5 Å². The van der Waals surface area contributed by atoms with Gasteiger partial charge in [0.05, 0.1) is 25.4 Å². The van der Waals surface area contributed by atoms with E-state index in [1.807, 2.05) is 18.2 Å². The third-order valence-electron chi connectivity index (χ3n) is 2.51. The molecule has 0 spiro atoms. The quantitative estimate of drug-likeness (QED) is 0.547. The van der Waals surface area contributed by atoms with Gasteiger partial charge in [-0.25, -0.2) is 4.79 Å². The highest BCUT2D eigenvalue weighted by Gasteiger charge is 2.10. The lowest BCUT2D eigenvalue weighted by atomic mass is 10.2. The van der Waals surface area contributed by atoms with Gasteiger partial charge in [0.15, 0.2) is 0 Å². The minimum absolute atomic E-state index is 0.318. The Bertz CT molecular complexity index is 381. The zero-order chi connectivity index (χ0) is 13.9. The van der Waals surface area contributed by atoms with Crippen molar-refractivity contribution < 1.29 is 19.0 Å². The maximum Gasteiger partial charge on any atom is 0.340 e. The molecule has 0 radical (unpaired) electrons. The normalized spacial score (nSPS) is 10.2. The molecule has 0 atom stereocenters. The van der Waals surface area contributed by atoms with Crippen LogP contribution in [0.1, 0.15) is 16.8 Å². The zero-order valence-electron chi connectivity index (χ0n) is 11.5. The van der Waals surface area contributed by atoms with Crippen molar-refractivity contribution in [2.24, 2.45) is 0 Å². The van der Waals surface area contributed by atoms with Crippen LogP contribution < -0.4 is 5.32 Å². The summed E-state index contributed by atoms with van der Waals surface area (Å²) in [6, 6.07) is 7.26. The monoisotopic (exact) mass is 267 g/mol. The number of benzene rings is 1. The van der Waals surface area contributed by atoms with Crippen LogP contribution in [0.4, 0.5) is 5.69 Å². The molecule has 0 unspecified atom stereocenters. The first-order valence-corrected chi connectivity index (χ1v) is 6.30. The Morgan fingerprint density at radius 2 is 1.95 bits per heavy atom. The van der Waals surface area contributed by atoms with Crippen LogP contribution in [0, 0.1) is 0 Å². The molecule has 0 heterocycles. The van der Waals surface area contributed by atoms with Crippen LogP contribution in [0.3, 0.4) is 0 Å². The van der Waals surface area contributed by atoms with Gasteiger partial charge in [0, 0.05) is 32.9 Å². The second kappa shape index (κ2) is 9.35. The number of hydrogen-bond donors (Lipinski definition) is 1. The van der Waals surface area contributed by atoms with Crippen molar-refractivity contribution in [3.8, 4) is 0 Å². The van der Waals surface area contributed by atoms with Crippen LogP contribution >= 0.6 is 0 Å². The molecule has 1 N–H and O–H groups in total. The van der Waals surface area contributed by atoms with Crippen LogP contribution in [0.5, 0.6) is 0 Å². The van der Waals surface area contributed by atoms with E-state index in [4.69, 9.17) is 14.2 Å². The van der Waals surface area contributed by atoms with Crippen molar-refractivity contribution in [3.05, 3.63) is 29.8 Å². The van der Waals surface area contributed by atoms with E-state index >= 15 is 0 Å². The summed E-state index contributed by atoms with van der Waals surface area (Å²) in [6.07, 6.45) is 0.678. The Balaban J connectivity index is 2.24. The van der Waals surface area contributed by atoms with Crippen LogP contribution in [0.15, 0.2) is 24.3 Å². The minimum atomic E-state index is -0.318. The van der Waals surface area contributed by atoms with Gasteiger partial charge in [-0.05, 0) is 12.1 Å². The van der Waals surface area contributed by atoms with Gasteiger partial charge in [0.2, 0.25) is 0 Å². The second-order valence-corrected chi connectivity index (χ2v) is 3.89. The van der Waals surface area contributed by atoms with Crippen LogP contribution in [-0.4, -0.2) is 46.6 Å². The molecule has 1 aromatic carbocycles. The van der Waals surface area contributed by atoms with Gasteiger partial charge >= 0.3 is 5.97 Å². The van der Waals surface area contributed by atoms with Crippen molar-refractivity contribution >= 4 is 11.7 Å². The maximum atomic E-state index is 11.8. The lowest BCUT2D eigenvalue weighted by Crippen LogP contribution is -2.11. The number of para-hydroxylation sites is 1. The molecule has 0 aliphatic heterocycles. The summed E-state index contributed by atoms with van der Waals surface area (Å²) in [5, 5.41) is 2.96. The van der Waals surface area contributed by atoms with E-state index in [9.17, 15) is 4.79 Å². The predicted octanol–water partition coefficient (Wildman–Crippen LogP) is 1.94. The van der Waals surface area contributed by atoms with Crippen LogP contribution in [-0.2, 0) is 14.2 Å². The van der Waals surface area contributed by atoms with E-state index in [1.165, 1.54) is 0 Å². The lowest BCUT2D eigenvalue weighted by Gasteiger charge is -2.09. The molecule has 0 aliphatic rings. The smallest absolute Gasteiger partial charge is 0.340 e. The molecule has 0 saturated heterocycles. The minimum Gasteiger partial charge on any atom is -0.462 e. The topological polar surface area (TPSA) is 56.8 Å². The fraction of sp³-hybridized carbons (Fsp3) is 0.500. The Hall–Kier alpha value is -1.59. The van der Waals surface area contributed by atoms with E-state index in [2.05, 4.69) is 5.32 Å². The number of methoxy groups -OCH3 is 1. The van der Waals surface area contributed by atoms with Gasteiger partial charge in [-0.15, -0.1) is 0 Å². The van der Waals surface area contributed by atoms with Crippen molar-refractivity contribution in [1.82, 2.24) is 0 Å². The van der Waals surface area contributed by atoms with Gasteiger partial charge in [0.1, 0.15) is 0 Å². The molecule has 1 aromatic rings. The third-order valence-corrected chi connectivity index (χ3v) is 2.51. The number of carbonyl (C=O) groups is 1. The fourth-order valence-electron chi connectivity index (χ4n) is 1.53. The fourth-order valence-corrected chi connectivity index (χ4v) is 1.53. The standard InChI is InChI=1S/C14H21NO4/c1-15-13-7-4-3-6-12(13)14(16)19-9-5-8-18-11-10-17-2/h3-4,6-7,15H,5,8-11H2,1-2H3. The predicted molar refractivity (Wildman–Crippen MR) is 73.6 cm³/mol. The zero-order valence-corrected chi connectivity index (χ0v) is 11.5. The molecule has 0 bridgehead atoms. The first-order valence-electron chi connectivity index (χ1n) is 6.30. The van der Waals surface area contributed by atoms with Gasteiger partial charge in [-0.3, -0.25) is 0 Å². The highest BCUT2D eigenvalue weighted by Crippen LogP contribution is 2.15. The SMILES string of the molecule is CNc1ccccc1C(=O)OCCCOCCOC. The Labute approximate surface area is 113 Å². The third kappa shape index (κ3) is 5.72. The van der Waals surface area contributed by atoms with E-state index in [0.717, 1.165) is 5.69 Å². The number of esters is 1. The van der Waals surface area contributed by atoms with Crippen LogP contribution in [0.2, 0.25) is 0 Å². The summed E-state index contributed by atoms with van der Waals surface area (Å²) in [5.41, 5.74) is 1.31. The van der Waals surface area contributed by atoms with Gasteiger partial charge in [-0.1, -0.05) is 12.1 Å². The Morgan fingerprint density at radius 3 is 2.68 bits per heavy atom. The number of nitrogens with one attached hydrogen (secondary N) is 1. The summed E-state index contributed by atoms with van der Waals surface area (Å²) in [6.45, 7) is 2.05. The molecule has 0 saturated carbocycles. The molecule has 1 rings (SSSR count). The second-order valence-electron chi connectivity index (χ2n) is 3.89. The van der Waals surface area contributed by atoms with Crippen molar-refractivity contribution in [2.45, 2.75) is 6.42 Å². The van der Waals surface area contributed by atoms with E-state index in [-0.39, 0.29) is 5.97 Å². The number of rotatable bonds is 9. The lowest BCUT2D eigenvalue weighted by molar-refractivity contribution is 0.0386. The first kappa shape index (κ1) is 15.5. The molecular weight excluding hydrogens is 246 g/mol. The summed E-state index contributed by atoms with van der Waals surface area (Å²) in [4.78, 5) is 11.8. The molecule has 5 heteroatoms. The maximum absolute atomic E-state index is 11.8. The van der Waals surface area contributed by atoms with Crippen molar-refractivity contribution in [2.75, 3.05) is 45.9 Å². The number of anilines is 1. The van der Waals surface area contributed by atoms with Crippen molar-refractivity contribution in [1.29, 1.82) is 0 Å². The van der Waals surface area contributed by atoms with E-state index in [0.29, 0.717) is 38.4 Å². The Morgan fingerprint density at radius 1 is 1.16 bits per heavy atom. The summed E-state index contributed by atoms with van der Waals surface area (Å²) in [5.74, 6) is -0.318. The number of ether oxygens (including phenoxy) is 3. The first-order chi connectivity index (χ1) is 9.29. The van der Waals surface area contributed by atoms with E-state index < -0.39 is 0 Å². The average Bonchev–Trinajstić information content (AvgIpc) is 2.46. The average molecular weight is 267 g/mol. The summed E-state index contributed by atoms with van der Waals surface area (Å²) < 4.78 is 15.3. The van der Waals surface area contributed by atoms with Gasteiger partial charge in [0.25, 0.3) is 0 Å². The van der Waals surface area contributed by atoms with Crippen molar-refractivity contribution in [3.63, 3.8) is 0 Å². The summed E-state index contributed by atoms with van der Waals surface area (Å²) in [7, 11) is 3.40. The largest absolute Gasteiger partial charge is 0.462 e. The molecule has 0 amide bonds. The summed E-state index contributed by atoms with van der Waals surface area (Å²) >= 11 is 0. The molecule has 106 valence electrons. The molecule has 0 aromatic heterocycles. The highest BCUT2D eigenvalue weighted by atomic mass is 16.5.